The van der Waals surface area contributed by atoms with E-state index in [1.165, 1.54) is 16.0 Å². The number of nitrogens with zero attached hydrogens (tertiary/aromatic N) is 1. The molecule has 0 saturated carbocycles. The summed E-state index contributed by atoms with van der Waals surface area (Å²) in [6, 6.07) is 13.2. The number of thiophene rings is 1. The van der Waals surface area contributed by atoms with Crippen LogP contribution in [0.1, 0.15) is 29.0 Å². The minimum Gasteiger partial charge on any atom is -0.355 e. The van der Waals surface area contributed by atoms with Crippen LogP contribution in [0.5, 0.6) is 0 Å². The summed E-state index contributed by atoms with van der Waals surface area (Å²) in [5.41, 5.74) is 2.77. The molecule has 1 aromatic carbocycles. The van der Waals surface area contributed by atoms with E-state index in [9.17, 15) is 0 Å². The van der Waals surface area contributed by atoms with Crippen molar-refractivity contribution in [2.45, 2.75) is 19.4 Å². The lowest BCUT2D eigenvalue weighted by molar-refractivity contribution is 0.346. The van der Waals surface area contributed by atoms with Crippen LogP contribution in [0.25, 0.3) is 0 Å². The molecule has 2 heterocycles. The lowest BCUT2D eigenvalue weighted by Gasteiger charge is -2.37. The van der Waals surface area contributed by atoms with Crippen molar-refractivity contribution in [3.05, 3.63) is 57.8 Å². The minimum atomic E-state index is 0.304. The van der Waals surface area contributed by atoms with E-state index in [1.807, 2.05) is 18.3 Å². The van der Waals surface area contributed by atoms with E-state index in [1.54, 1.807) is 0 Å². The van der Waals surface area contributed by atoms with Gasteiger partial charge in [-0.2, -0.15) is 0 Å². The molecule has 0 spiro atoms. The lowest BCUT2D eigenvalue weighted by atomic mass is 9.93. The first-order valence-corrected chi connectivity index (χ1v) is 7.44. The van der Waals surface area contributed by atoms with E-state index in [-0.39, 0.29) is 0 Å². The van der Waals surface area contributed by atoms with E-state index in [0.29, 0.717) is 6.04 Å². The number of fused-ring (bicyclic) bond motifs is 1. The second-order valence-electron chi connectivity index (χ2n) is 4.57. The zero-order chi connectivity index (χ0) is 12.5. The highest BCUT2D eigenvalue weighted by atomic mass is 32.1. The number of benzene rings is 1. The largest absolute Gasteiger partial charge is 0.355 e. The third kappa shape index (κ3) is 1.98. The standard InChI is InChI=1S/C15H15NS2/c1-11(17)16-9-7-14-13(8-10-18-14)15(16)12-5-3-2-4-6-12/h2-6,8,10,15H,7,9H2,1H3. The Bertz CT molecular complexity index is 559. The molecular weight excluding hydrogens is 258 g/mol. The van der Waals surface area contributed by atoms with E-state index in [2.05, 4.69) is 46.7 Å². The quantitative estimate of drug-likeness (QED) is 0.721. The molecule has 18 heavy (non-hydrogen) atoms. The zero-order valence-electron chi connectivity index (χ0n) is 10.3. The maximum atomic E-state index is 5.42. The number of hydrogen-bond acceptors (Lipinski definition) is 2. The second kappa shape index (κ2) is 4.82. The van der Waals surface area contributed by atoms with Crippen molar-refractivity contribution in [2.75, 3.05) is 6.54 Å². The molecule has 0 saturated heterocycles. The van der Waals surface area contributed by atoms with Gasteiger partial charge in [0, 0.05) is 11.4 Å². The molecule has 3 rings (SSSR count). The molecule has 92 valence electrons. The number of rotatable bonds is 1. The smallest absolute Gasteiger partial charge is 0.0811 e. The van der Waals surface area contributed by atoms with Crippen molar-refractivity contribution in [3.8, 4) is 0 Å². The van der Waals surface area contributed by atoms with Crippen molar-refractivity contribution in [2.24, 2.45) is 0 Å². The molecular formula is C15H15NS2. The monoisotopic (exact) mass is 273 g/mol. The third-order valence-electron chi connectivity index (χ3n) is 3.49. The van der Waals surface area contributed by atoms with Gasteiger partial charge < -0.3 is 4.90 Å². The summed E-state index contributed by atoms with van der Waals surface area (Å²) in [5, 5.41) is 2.20. The van der Waals surface area contributed by atoms with E-state index < -0.39 is 0 Å². The van der Waals surface area contributed by atoms with Crippen LogP contribution in [0.3, 0.4) is 0 Å². The van der Waals surface area contributed by atoms with E-state index >= 15 is 0 Å². The fourth-order valence-electron chi connectivity index (χ4n) is 2.65. The molecule has 0 bridgehead atoms. The predicted octanol–water partition coefficient (Wildman–Crippen LogP) is 4.04. The Balaban J connectivity index is 2.10. The Kier molecular flexibility index (Phi) is 3.18. The second-order valence-corrected chi connectivity index (χ2v) is 6.17. The first-order valence-electron chi connectivity index (χ1n) is 6.16. The van der Waals surface area contributed by atoms with Gasteiger partial charge in [0.25, 0.3) is 0 Å². The summed E-state index contributed by atoms with van der Waals surface area (Å²) in [4.78, 5) is 4.84. The van der Waals surface area contributed by atoms with Crippen molar-refractivity contribution in [1.29, 1.82) is 0 Å². The summed E-state index contributed by atoms with van der Waals surface area (Å²) in [6.45, 7) is 3.06. The van der Waals surface area contributed by atoms with Gasteiger partial charge >= 0.3 is 0 Å². The SMILES string of the molecule is CC(=S)N1CCc2sccc2C1c1ccccc1. The average Bonchev–Trinajstić information content (AvgIpc) is 2.86. The summed E-state index contributed by atoms with van der Waals surface area (Å²) in [7, 11) is 0. The van der Waals surface area contributed by atoms with Crippen molar-refractivity contribution in [1.82, 2.24) is 4.90 Å². The first kappa shape index (κ1) is 11.9. The Morgan fingerprint density at radius 1 is 1.28 bits per heavy atom. The van der Waals surface area contributed by atoms with Crippen LogP contribution in [-0.2, 0) is 6.42 Å². The minimum absolute atomic E-state index is 0.304. The van der Waals surface area contributed by atoms with Gasteiger partial charge in [-0.15, -0.1) is 11.3 Å². The first-order chi connectivity index (χ1) is 8.77. The molecule has 1 atom stereocenters. The van der Waals surface area contributed by atoms with Crippen LogP contribution in [-0.4, -0.2) is 16.4 Å². The van der Waals surface area contributed by atoms with Crippen LogP contribution >= 0.6 is 23.6 Å². The highest BCUT2D eigenvalue weighted by Gasteiger charge is 2.29. The lowest BCUT2D eigenvalue weighted by Crippen LogP contribution is -2.37. The number of hydrogen-bond donors (Lipinski definition) is 0. The average molecular weight is 273 g/mol. The van der Waals surface area contributed by atoms with Crippen molar-refractivity contribution < 1.29 is 0 Å². The molecule has 1 aromatic heterocycles. The molecule has 0 amide bonds. The van der Waals surface area contributed by atoms with Gasteiger partial charge in [-0.25, -0.2) is 0 Å². The normalized spacial score (nSPS) is 18.5. The summed E-state index contributed by atoms with van der Waals surface area (Å²) < 4.78 is 0. The van der Waals surface area contributed by atoms with Gasteiger partial charge in [-0.05, 0) is 35.9 Å². The third-order valence-corrected chi connectivity index (χ3v) is 4.72. The highest BCUT2D eigenvalue weighted by molar-refractivity contribution is 7.80. The van der Waals surface area contributed by atoms with Gasteiger partial charge in [0.15, 0.2) is 0 Å². The maximum absolute atomic E-state index is 5.42. The Hall–Kier alpha value is -1.19. The summed E-state index contributed by atoms with van der Waals surface area (Å²) in [5.74, 6) is 0. The van der Waals surface area contributed by atoms with Gasteiger partial charge in [-0.3, -0.25) is 0 Å². The summed E-state index contributed by atoms with van der Waals surface area (Å²) in [6.07, 6.45) is 1.12. The molecule has 2 aromatic rings. The van der Waals surface area contributed by atoms with Crippen LogP contribution in [0.15, 0.2) is 41.8 Å². The molecule has 0 aliphatic carbocycles. The molecule has 1 aliphatic rings. The maximum Gasteiger partial charge on any atom is 0.0811 e. The molecule has 0 fully saturated rings. The Morgan fingerprint density at radius 2 is 2.06 bits per heavy atom. The van der Waals surface area contributed by atoms with Crippen LogP contribution in [0.2, 0.25) is 0 Å². The highest BCUT2D eigenvalue weighted by Crippen LogP contribution is 2.37. The van der Waals surface area contributed by atoms with Gasteiger partial charge in [-0.1, -0.05) is 42.5 Å². The van der Waals surface area contributed by atoms with Gasteiger partial charge in [0.2, 0.25) is 0 Å². The summed E-state index contributed by atoms with van der Waals surface area (Å²) >= 11 is 7.29. The van der Waals surface area contributed by atoms with Crippen LogP contribution in [0, 0.1) is 0 Å². The van der Waals surface area contributed by atoms with E-state index in [4.69, 9.17) is 12.2 Å². The topological polar surface area (TPSA) is 3.24 Å². The zero-order valence-corrected chi connectivity index (χ0v) is 11.9. The predicted molar refractivity (Wildman–Crippen MR) is 81.3 cm³/mol. The molecule has 1 nitrogen and oxygen atoms in total. The molecule has 1 aliphatic heterocycles. The van der Waals surface area contributed by atoms with Crippen LogP contribution < -0.4 is 0 Å². The van der Waals surface area contributed by atoms with Crippen molar-refractivity contribution >= 4 is 28.5 Å². The Morgan fingerprint density at radius 3 is 2.78 bits per heavy atom. The van der Waals surface area contributed by atoms with Gasteiger partial charge in [0.1, 0.15) is 0 Å². The van der Waals surface area contributed by atoms with E-state index in [0.717, 1.165) is 18.0 Å². The Labute approximate surface area is 117 Å². The number of thiocarbonyl (C=S) groups is 1. The van der Waals surface area contributed by atoms with Gasteiger partial charge in [0.05, 0.1) is 11.0 Å². The fourth-order valence-corrected chi connectivity index (χ4v) is 3.75. The molecule has 1 unspecified atom stereocenters. The fraction of sp³-hybridized carbons (Fsp3) is 0.267. The van der Waals surface area contributed by atoms with Crippen LogP contribution in [0.4, 0.5) is 0 Å². The molecule has 0 radical (unpaired) electrons. The van der Waals surface area contributed by atoms with Crippen molar-refractivity contribution in [3.63, 3.8) is 0 Å². The molecule has 3 heteroatoms. The molecule has 0 N–H and O–H groups in total.